The Hall–Kier alpha value is -5.07. The molecule has 0 bridgehead atoms. The van der Waals surface area contributed by atoms with Crippen molar-refractivity contribution in [1.29, 1.82) is 0 Å². The van der Waals surface area contributed by atoms with Gasteiger partial charge >= 0.3 is 0 Å². The highest BCUT2D eigenvalue weighted by molar-refractivity contribution is 6.06. The van der Waals surface area contributed by atoms with E-state index >= 15 is 4.39 Å². The third-order valence-electron chi connectivity index (χ3n) is 9.14. The number of fused-ring (bicyclic) bond motifs is 2. The summed E-state index contributed by atoms with van der Waals surface area (Å²) < 4.78 is 55.5. The van der Waals surface area contributed by atoms with Crippen LogP contribution in [-0.2, 0) is 16.1 Å². The zero-order valence-electron chi connectivity index (χ0n) is 27.5. The number of ether oxygens (including phenoxy) is 3. The quantitative estimate of drug-likeness (QED) is 0.110. The molecule has 1 fully saturated rings. The van der Waals surface area contributed by atoms with E-state index in [9.17, 15) is 9.18 Å². The monoisotopic (exact) mass is 669 g/mol. The minimum absolute atomic E-state index is 0.00678. The van der Waals surface area contributed by atoms with Gasteiger partial charge in [-0.1, -0.05) is 6.58 Å². The molecular formula is C37H37F2N5O5. The number of hydrogen-bond donors (Lipinski definition) is 0. The Balaban J connectivity index is 1.37. The van der Waals surface area contributed by atoms with E-state index in [2.05, 4.69) is 11.5 Å². The van der Waals surface area contributed by atoms with E-state index in [1.165, 1.54) is 25.9 Å². The van der Waals surface area contributed by atoms with Gasteiger partial charge in [-0.15, -0.1) is 0 Å². The fourth-order valence-electron chi connectivity index (χ4n) is 6.45. The molecule has 12 heteroatoms. The minimum atomic E-state index is -0.828. The zero-order chi connectivity index (χ0) is 34.1. The number of benzene rings is 2. The summed E-state index contributed by atoms with van der Waals surface area (Å²) >= 11 is 0. The number of aromatic nitrogens is 3. The first-order chi connectivity index (χ1) is 23.9. The van der Waals surface area contributed by atoms with Gasteiger partial charge in [0.2, 0.25) is 5.91 Å². The highest BCUT2D eigenvalue weighted by Crippen LogP contribution is 2.46. The number of nitrogens with zero attached hydrogens (tertiary/aromatic N) is 5. The van der Waals surface area contributed by atoms with Crippen LogP contribution in [0, 0.1) is 11.6 Å². The van der Waals surface area contributed by atoms with Crippen LogP contribution in [0.1, 0.15) is 25.1 Å². The second-order valence-electron chi connectivity index (χ2n) is 12.1. The Morgan fingerprint density at radius 1 is 1.00 bits per heavy atom. The van der Waals surface area contributed by atoms with Crippen LogP contribution in [0.3, 0.4) is 0 Å². The van der Waals surface area contributed by atoms with Gasteiger partial charge < -0.3 is 23.5 Å². The van der Waals surface area contributed by atoms with Gasteiger partial charge in [0.05, 0.1) is 36.7 Å². The van der Waals surface area contributed by atoms with E-state index in [1.807, 2.05) is 41.9 Å². The lowest BCUT2D eigenvalue weighted by molar-refractivity contribution is -0.129. The molecule has 0 radical (unpaired) electrons. The molecule has 2 aliphatic heterocycles. The summed E-state index contributed by atoms with van der Waals surface area (Å²) in [6.07, 6.45) is 4.04. The van der Waals surface area contributed by atoms with Gasteiger partial charge in [0.15, 0.2) is 5.58 Å². The van der Waals surface area contributed by atoms with Crippen LogP contribution in [0.4, 0.5) is 8.78 Å². The second kappa shape index (κ2) is 13.8. The number of furan rings is 1. The molecular weight excluding hydrogens is 632 g/mol. The normalized spacial score (nSPS) is 16.0. The third kappa shape index (κ3) is 6.29. The van der Waals surface area contributed by atoms with Crippen LogP contribution in [0.2, 0.25) is 0 Å². The fraction of sp³-hybridized carbons (Fsp3) is 0.324. The molecule has 5 aromatic rings. The summed E-state index contributed by atoms with van der Waals surface area (Å²) in [6, 6.07) is 12.9. The molecule has 2 aromatic carbocycles. The van der Waals surface area contributed by atoms with Gasteiger partial charge in [-0.2, -0.15) is 5.10 Å². The average Bonchev–Trinajstić information content (AvgIpc) is 3.74. The Bertz CT molecular complexity index is 2000. The van der Waals surface area contributed by atoms with Gasteiger partial charge in [0.25, 0.3) is 0 Å². The Labute approximate surface area is 282 Å². The number of pyridine rings is 1. The number of methoxy groups -OCH3 is 1. The molecule has 3 aromatic heterocycles. The number of halogens is 2. The van der Waals surface area contributed by atoms with Crippen LogP contribution in [-0.4, -0.2) is 83.6 Å². The largest absolute Gasteiger partial charge is 0.492 e. The summed E-state index contributed by atoms with van der Waals surface area (Å²) in [5.41, 5.74) is 3.61. The van der Waals surface area contributed by atoms with Crippen molar-refractivity contribution < 1.29 is 32.2 Å². The number of amides is 1. The van der Waals surface area contributed by atoms with E-state index in [4.69, 9.17) is 28.7 Å². The first kappa shape index (κ1) is 32.5. The molecule has 1 amide bonds. The molecule has 0 spiro atoms. The summed E-state index contributed by atoms with van der Waals surface area (Å²) in [5.74, 6) is -1.06. The maximum absolute atomic E-state index is 16.0. The molecule has 0 aliphatic carbocycles. The van der Waals surface area contributed by atoms with Gasteiger partial charge in [-0.25, -0.2) is 13.8 Å². The van der Waals surface area contributed by atoms with Crippen LogP contribution in [0.25, 0.3) is 44.7 Å². The minimum Gasteiger partial charge on any atom is -0.492 e. The molecule has 254 valence electrons. The standard InChI is InChI=1S/C37H37F2N5O5/c1-4-32(45)43-13-14-44-30(23(43)2)22-29(41-44)36-33(34-28(39)20-25(38)21-31(34)48-19-18-46-3)27-10-16-49-37(27)35(40-36)24-6-8-26(9-7-24)47-17-15-42-11-5-12-42/h4,6-10,16,20-23H,1,5,11-15,17-19H2,2-3H3/t23-/m1/s1. The predicted molar refractivity (Wildman–Crippen MR) is 180 cm³/mol. The van der Waals surface area contributed by atoms with E-state index in [-0.39, 0.29) is 36.5 Å². The highest BCUT2D eigenvalue weighted by atomic mass is 19.1. The summed E-state index contributed by atoms with van der Waals surface area (Å²) in [6.45, 7) is 10.4. The lowest BCUT2D eigenvalue weighted by Crippen LogP contribution is -2.40. The second-order valence-corrected chi connectivity index (χ2v) is 12.1. The smallest absolute Gasteiger partial charge is 0.246 e. The summed E-state index contributed by atoms with van der Waals surface area (Å²) in [5, 5.41) is 5.45. The Morgan fingerprint density at radius 2 is 1.82 bits per heavy atom. The van der Waals surface area contributed by atoms with Crippen molar-refractivity contribution in [1.82, 2.24) is 24.6 Å². The maximum Gasteiger partial charge on any atom is 0.246 e. The molecule has 0 unspecified atom stereocenters. The van der Waals surface area contributed by atoms with Gasteiger partial charge in [-0.05, 0) is 68.9 Å². The van der Waals surface area contributed by atoms with Crippen molar-refractivity contribution in [2.75, 3.05) is 53.1 Å². The van der Waals surface area contributed by atoms with Crippen LogP contribution >= 0.6 is 0 Å². The maximum atomic E-state index is 16.0. The van der Waals surface area contributed by atoms with Crippen LogP contribution in [0.15, 0.2) is 71.9 Å². The first-order valence-corrected chi connectivity index (χ1v) is 16.4. The number of likely N-dealkylation sites (tertiary alicyclic amines) is 1. The lowest BCUT2D eigenvalue weighted by atomic mass is 9.95. The molecule has 0 saturated carbocycles. The molecule has 49 heavy (non-hydrogen) atoms. The first-order valence-electron chi connectivity index (χ1n) is 16.4. The van der Waals surface area contributed by atoms with E-state index in [0.29, 0.717) is 53.3 Å². The number of hydrogen-bond acceptors (Lipinski definition) is 8. The highest BCUT2D eigenvalue weighted by Gasteiger charge is 2.31. The fourth-order valence-corrected chi connectivity index (χ4v) is 6.45. The van der Waals surface area contributed by atoms with Crippen molar-refractivity contribution in [2.45, 2.75) is 25.9 Å². The molecule has 1 saturated heterocycles. The van der Waals surface area contributed by atoms with E-state index in [0.717, 1.165) is 48.8 Å². The van der Waals surface area contributed by atoms with Crippen molar-refractivity contribution in [2.24, 2.45) is 0 Å². The lowest BCUT2D eigenvalue weighted by Gasteiger charge is -2.33. The SMILES string of the molecule is C=CC(=O)N1CCn2nc(-c3nc(-c4ccc(OCCN5CCC5)cc4)c4occc4c3-c3c(F)cc(F)cc3OCCOC)cc2[C@H]1C. The van der Waals surface area contributed by atoms with Gasteiger partial charge in [0.1, 0.15) is 53.4 Å². The third-order valence-corrected chi connectivity index (χ3v) is 9.14. The molecule has 10 nitrogen and oxygen atoms in total. The molecule has 0 N–H and O–H groups in total. The Morgan fingerprint density at radius 3 is 2.55 bits per heavy atom. The molecule has 2 aliphatic rings. The molecule has 5 heterocycles. The number of carbonyl (C=O) groups is 1. The molecule has 7 rings (SSSR count). The van der Waals surface area contributed by atoms with Crippen molar-refractivity contribution in [3.63, 3.8) is 0 Å². The zero-order valence-corrected chi connectivity index (χ0v) is 27.5. The predicted octanol–water partition coefficient (Wildman–Crippen LogP) is 6.50. The van der Waals surface area contributed by atoms with Crippen molar-refractivity contribution >= 4 is 16.9 Å². The van der Waals surface area contributed by atoms with E-state index in [1.54, 1.807) is 11.0 Å². The summed E-state index contributed by atoms with van der Waals surface area (Å²) in [7, 11) is 1.52. The van der Waals surface area contributed by atoms with Crippen LogP contribution in [0.5, 0.6) is 11.5 Å². The number of rotatable bonds is 12. The molecule has 1 atom stereocenters. The van der Waals surface area contributed by atoms with Gasteiger partial charge in [0, 0.05) is 48.8 Å². The van der Waals surface area contributed by atoms with Crippen molar-refractivity contribution in [3.8, 4) is 45.3 Å². The van der Waals surface area contributed by atoms with Crippen LogP contribution < -0.4 is 9.47 Å². The van der Waals surface area contributed by atoms with E-state index < -0.39 is 11.6 Å². The summed E-state index contributed by atoms with van der Waals surface area (Å²) in [4.78, 5) is 21.8. The topological polar surface area (TPSA) is 95.1 Å². The van der Waals surface area contributed by atoms with Gasteiger partial charge in [-0.3, -0.25) is 14.4 Å². The Kier molecular flexibility index (Phi) is 9.15. The number of carbonyl (C=O) groups excluding carboxylic acids is 1. The van der Waals surface area contributed by atoms with Crippen molar-refractivity contribution in [3.05, 3.63) is 84.8 Å². The average molecular weight is 670 g/mol.